The van der Waals surface area contributed by atoms with E-state index in [1.165, 1.54) is 5.56 Å². The summed E-state index contributed by atoms with van der Waals surface area (Å²) < 4.78 is 1.75. The number of pyridine rings is 1. The number of aliphatic carboxylic acids is 1. The van der Waals surface area contributed by atoms with Crippen molar-refractivity contribution in [3.05, 3.63) is 60.4 Å². The molecule has 1 aromatic carbocycles. The molecule has 0 atom stereocenters. The van der Waals surface area contributed by atoms with Gasteiger partial charge in [-0.15, -0.1) is 0 Å². The van der Waals surface area contributed by atoms with Gasteiger partial charge < -0.3 is 10.4 Å². The van der Waals surface area contributed by atoms with Crippen LogP contribution in [-0.2, 0) is 11.8 Å². The van der Waals surface area contributed by atoms with Crippen LogP contribution in [0.2, 0.25) is 0 Å². The molecule has 6 nitrogen and oxygen atoms in total. The summed E-state index contributed by atoms with van der Waals surface area (Å²) in [6, 6.07) is 14.6. The van der Waals surface area contributed by atoms with Crippen molar-refractivity contribution in [3.8, 4) is 11.3 Å². The summed E-state index contributed by atoms with van der Waals surface area (Å²) in [5.41, 5.74) is 4.28. The second-order valence-corrected chi connectivity index (χ2v) is 7.87. The largest absolute Gasteiger partial charge is 0.481 e. The van der Waals surface area contributed by atoms with Crippen molar-refractivity contribution in [3.63, 3.8) is 0 Å². The summed E-state index contributed by atoms with van der Waals surface area (Å²) >= 11 is 0. The van der Waals surface area contributed by atoms with E-state index < -0.39 is 5.97 Å². The van der Waals surface area contributed by atoms with Crippen molar-refractivity contribution in [2.45, 2.75) is 38.0 Å². The highest BCUT2D eigenvalue weighted by molar-refractivity contribution is 5.67. The number of rotatable bonds is 6. The van der Waals surface area contributed by atoms with Gasteiger partial charge >= 0.3 is 5.97 Å². The molecular formula is C23H26N4O2. The molecule has 1 aliphatic rings. The second-order valence-electron chi connectivity index (χ2n) is 7.87. The fraction of sp³-hybridized carbons (Fsp3) is 0.348. The number of nitrogens with zero attached hydrogens (tertiary/aromatic N) is 3. The number of aryl methyl sites for hydroxylation is 1. The van der Waals surface area contributed by atoms with E-state index in [-0.39, 0.29) is 0 Å². The number of carboxylic acids is 1. The molecule has 29 heavy (non-hydrogen) atoms. The first kappa shape index (κ1) is 19.2. The first-order valence-corrected chi connectivity index (χ1v) is 10.1. The number of anilines is 2. The van der Waals surface area contributed by atoms with Crippen LogP contribution in [0.3, 0.4) is 0 Å². The molecule has 2 aromatic heterocycles. The Hall–Kier alpha value is -3.15. The van der Waals surface area contributed by atoms with Crippen molar-refractivity contribution in [2.75, 3.05) is 5.32 Å². The monoisotopic (exact) mass is 390 g/mol. The molecule has 0 radical (unpaired) electrons. The average Bonchev–Trinajstić information content (AvgIpc) is 3.13. The van der Waals surface area contributed by atoms with E-state index in [9.17, 15) is 4.79 Å². The lowest BCUT2D eigenvalue weighted by molar-refractivity contribution is -0.138. The van der Waals surface area contributed by atoms with E-state index in [4.69, 9.17) is 5.11 Å². The van der Waals surface area contributed by atoms with E-state index in [2.05, 4.69) is 39.7 Å². The predicted octanol–water partition coefficient (Wildman–Crippen LogP) is 4.97. The lowest BCUT2D eigenvalue weighted by Gasteiger charge is -2.28. The standard InChI is InChI=1S/C23H26N4O2/c1-27-13-12-22(26-27)25-20-10-11-21(24-15-20)19-8-6-18(7-9-19)17-4-2-16(3-5-17)14-23(28)29/h6-13,15-17H,2-5,14H2,1H3,(H,25,26)(H,28,29)/t16-,17-. The van der Waals surface area contributed by atoms with Crippen LogP contribution in [0.5, 0.6) is 0 Å². The van der Waals surface area contributed by atoms with Crippen molar-refractivity contribution < 1.29 is 9.90 Å². The van der Waals surface area contributed by atoms with Gasteiger partial charge in [-0.25, -0.2) is 0 Å². The van der Waals surface area contributed by atoms with Crippen LogP contribution in [0.15, 0.2) is 54.9 Å². The molecule has 6 heteroatoms. The topological polar surface area (TPSA) is 80.0 Å². The Labute approximate surface area is 170 Å². The van der Waals surface area contributed by atoms with Crippen molar-refractivity contribution >= 4 is 17.5 Å². The number of nitrogens with one attached hydrogen (secondary N) is 1. The van der Waals surface area contributed by atoms with Crippen LogP contribution in [0.1, 0.15) is 43.6 Å². The van der Waals surface area contributed by atoms with Gasteiger partial charge in [-0.05, 0) is 55.2 Å². The number of hydrogen-bond acceptors (Lipinski definition) is 4. The van der Waals surface area contributed by atoms with Crippen LogP contribution in [0.4, 0.5) is 11.5 Å². The fourth-order valence-electron chi connectivity index (χ4n) is 4.14. The Kier molecular flexibility index (Phi) is 5.60. The number of carboxylic acid groups (broad SMARTS) is 1. The maximum atomic E-state index is 10.9. The molecule has 2 heterocycles. The number of hydrogen-bond donors (Lipinski definition) is 2. The number of benzene rings is 1. The summed E-state index contributed by atoms with van der Waals surface area (Å²) in [7, 11) is 1.89. The first-order chi connectivity index (χ1) is 14.1. The molecule has 2 N–H and O–H groups in total. The third kappa shape index (κ3) is 4.83. The van der Waals surface area contributed by atoms with Crippen LogP contribution >= 0.6 is 0 Å². The highest BCUT2D eigenvalue weighted by Gasteiger charge is 2.23. The van der Waals surface area contributed by atoms with E-state index in [0.717, 1.165) is 48.4 Å². The van der Waals surface area contributed by atoms with Gasteiger partial charge in [0.25, 0.3) is 0 Å². The molecule has 0 aliphatic heterocycles. The van der Waals surface area contributed by atoms with Gasteiger partial charge in [0, 0.05) is 31.3 Å². The Bertz CT molecular complexity index is 955. The van der Waals surface area contributed by atoms with Gasteiger partial charge in [-0.1, -0.05) is 24.3 Å². The fourth-order valence-corrected chi connectivity index (χ4v) is 4.14. The molecule has 1 saturated carbocycles. The van der Waals surface area contributed by atoms with Crippen LogP contribution in [0, 0.1) is 5.92 Å². The molecule has 4 rings (SSSR count). The van der Waals surface area contributed by atoms with Crippen molar-refractivity contribution in [1.29, 1.82) is 0 Å². The summed E-state index contributed by atoms with van der Waals surface area (Å²) in [5.74, 6) is 0.994. The smallest absolute Gasteiger partial charge is 0.303 e. The maximum Gasteiger partial charge on any atom is 0.303 e. The van der Waals surface area contributed by atoms with E-state index in [1.54, 1.807) is 4.68 Å². The lowest BCUT2D eigenvalue weighted by Crippen LogP contribution is -2.16. The van der Waals surface area contributed by atoms with Crippen molar-refractivity contribution in [1.82, 2.24) is 14.8 Å². The zero-order chi connectivity index (χ0) is 20.2. The molecule has 0 spiro atoms. The second kappa shape index (κ2) is 8.47. The predicted molar refractivity (Wildman–Crippen MR) is 113 cm³/mol. The van der Waals surface area contributed by atoms with Gasteiger partial charge in [-0.2, -0.15) is 5.10 Å². The molecular weight excluding hydrogens is 364 g/mol. The third-order valence-electron chi connectivity index (χ3n) is 5.74. The summed E-state index contributed by atoms with van der Waals surface area (Å²) in [4.78, 5) is 15.5. The SMILES string of the molecule is Cn1ccc(Nc2ccc(-c3ccc([C@H]4CC[C@H](CC(=O)O)CC4)cc3)nc2)n1. The van der Waals surface area contributed by atoms with E-state index >= 15 is 0 Å². The average molecular weight is 390 g/mol. The minimum Gasteiger partial charge on any atom is -0.481 e. The molecule has 0 amide bonds. The number of aromatic nitrogens is 3. The Morgan fingerprint density at radius 2 is 1.86 bits per heavy atom. The molecule has 1 aliphatic carbocycles. The Balaban J connectivity index is 1.37. The van der Waals surface area contributed by atoms with Gasteiger partial charge in [0.2, 0.25) is 0 Å². The highest BCUT2D eigenvalue weighted by atomic mass is 16.4. The Morgan fingerprint density at radius 3 is 2.45 bits per heavy atom. The zero-order valence-corrected chi connectivity index (χ0v) is 16.6. The van der Waals surface area contributed by atoms with Gasteiger partial charge in [0.15, 0.2) is 5.82 Å². The quantitative estimate of drug-likeness (QED) is 0.621. The Morgan fingerprint density at radius 1 is 1.10 bits per heavy atom. The minimum atomic E-state index is -0.674. The summed E-state index contributed by atoms with van der Waals surface area (Å²) in [6.07, 6.45) is 8.18. The normalized spacial score (nSPS) is 19.1. The molecule has 3 aromatic rings. The first-order valence-electron chi connectivity index (χ1n) is 10.1. The maximum absolute atomic E-state index is 10.9. The molecule has 150 valence electrons. The molecule has 1 fully saturated rings. The molecule has 0 unspecified atom stereocenters. The van der Waals surface area contributed by atoms with Crippen LogP contribution in [0.25, 0.3) is 11.3 Å². The third-order valence-corrected chi connectivity index (χ3v) is 5.74. The lowest BCUT2D eigenvalue weighted by atomic mass is 9.77. The van der Waals surface area contributed by atoms with E-state index in [0.29, 0.717) is 18.3 Å². The summed E-state index contributed by atoms with van der Waals surface area (Å²) in [5, 5.41) is 16.5. The van der Waals surface area contributed by atoms with Crippen LogP contribution in [-0.4, -0.2) is 25.8 Å². The number of carbonyl (C=O) groups is 1. The molecule has 0 bridgehead atoms. The van der Waals surface area contributed by atoms with Gasteiger partial charge in [-0.3, -0.25) is 14.5 Å². The zero-order valence-electron chi connectivity index (χ0n) is 16.6. The molecule has 0 saturated heterocycles. The van der Waals surface area contributed by atoms with Gasteiger partial charge in [0.05, 0.1) is 17.6 Å². The van der Waals surface area contributed by atoms with E-state index in [1.807, 2.05) is 37.6 Å². The van der Waals surface area contributed by atoms with Gasteiger partial charge in [0.1, 0.15) is 0 Å². The summed E-state index contributed by atoms with van der Waals surface area (Å²) in [6.45, 7) is 0. The highest BCUT2D eigenvalue weighted by Crippen LogP contribution is 2.37. The van der Waals surface area contributed by atoms with Crippen molar-refractivity contribution in [2.24, 2.45) is 13.0 Å². The minimum absolute atomic E-state index is 0.308. The van der Waals surface area contributed by atoms with Crippen LogP contribution < -0.4 is 5.32 Å².